The molecule has 0 saturated heterocycles. The van der Waals surface area contributed by atoms with Crippen molar-refractivity contribution in [1.29, 1.82) is 0 Å². The molecule has 0 aliphatic heterocycles. The monoisotopic (exact) mass is 773 g/mol. The van der Waals surface area contributed by atoms with Crippen LogP contribution in [0.25, 0.3) is 116 Å². The molecule has 0 amide bonds. The van der Waals surface area contributed by atoms with E-state index < -0.39 is 0 Å². The molecule has 0 bridgehead atoms. The largest absolute Gasteiger partial charge is 0.436 e. The molecular weight excluding hydrogens is 743 g/mol. The van der Waals surface area contributed by atoms with Crippen LogP contribution >= 0.6 is 11.3 Å². The van der Waals surface area contributed by atoms with E-state index in [4.69, 9.17) is 24.4 Å². The van der Waals surface area contributed by atoms with E-state index in [0.717, 1.165) is 76.7 Å². The van der Waals surface area contributed by atoms with Gasteiger partial charge in [-0.15, -0.1) is 11.3 Å². The molecule has 0 radical (unpaired) electrons. The Balaban J connectivity index is 0.993. The number of fused-ring (bicyclic) bond motifs is 7. The molecule has 4 aromatic heterocycles. The average Bonchev–Trinajstić information content (AvgIpc) is 4.01. The summed E-state index contributed by atoms with van der Waals surface area (Å²) >= 11 is 1.77. The zero-order valence-electron chi connectivity index (χ0n) is 31.5. The van der Waals surface area contributed by atoms with Gasteiger partial charge >= 0.3 is 0 Å². The molecule has 0 unspecified atom stereocenters. The lowest BCUT2D eigenvalue weighted by molar-refractivity contribution is 0.620. The zero-order valence-corrected chi connectivity index (χ0v) is 32.3. The van der Waals surface area contributed by atoms with Gasteiger partial charge in [-0.2, -0.15) is 0 Å². The predicted octanol–water partition coefficient (Wildman–Crippen LogP) is 13.8. The number of hydrogen-bond acceptors (Lipinski definition) is 6. The van der Waals surface area contributed by atoms with Crippen molar-refractivity contribution in [2.24, 2.45) is 0 Å². The summed E-state index contributed by atoms with van der Waals surface area (Å²) in [5.74, 6) is 2.53. The standard InChI is InChI=1S/C52H31N5OS/c1-3-13-32(14-4-1)49-54-50(35-25-27-45-41(31-35)38-19-7-9-23-44(38)57(45)37-17-5-2-6-18-37)56-51(55-49)40-21-12-20-39-42-30-34(26-28-47(42)59-48(39)40)33-15-11-16-36(29-33)52-53-43-22-8-10-24-46(43)58-52/h1-31H. The van der Waals surface area contributed by atoms with Crippen LogP contribution < -0.4 is 0 Å². The van der Waals surface area contributed by atoms with Crippen LogP contribution in [0.4, 0.5) is 0 Å². The van der Waals surface area contributed by atoms with Gasteiger partial charge in [0.05, 0.1) is 11.0 Å². The Bertz CT molecular complexity index is 3540. The van der Waals surface area contributed by atoms with Crippen molar-refractivity contribution in [2.75, 3.05) is 0 Å². The van der Waals surface area contributed by atoms with Gasteiger partial charge in [-0.1, -0.05) is 109 Å². The summed E-state index contributed by atoms with van der Waals surface area (Å²) in [6.07, 6.45) is 0. The molecule has 0 saturated carbocycles. The van der Waals surface area contributed by atoms with Gasteiger partial charge in [0.15, 0.2) is 23.1 Å². The highest BCUT2D eigenvalue weighted by Gasteiger charge is 2.19. The van der Waals surface area contributed by atoms with Crippen LogP contribution in [0, 0.1) is 0 Å². The van der Waals surface area contributed by atoms with Crippen LogP contribution in [0.5, 0.6) is 0 Å². The summed E-state index contributed by atoms with van der Waals surface area (Å²) in [4.78, 5) is 20.3. The Morgan fingerprint density at radius 1 is 0.407 bits per heavy atom. The highest BCUT2D eigenvalue weighted by molar-refractivity contribution is 7.26. The van der Waals surface area contributed by atoms with Gasteiger partial charge in [0, 0.05) is 58.9 Å². The fraction of sp³-hybridized carbons (Fsp3) is 0. The van der Waals surface area contributed by atoms with Crippen molar-refractivity contribution in [3.05, 3.63) is 188 Å². The minimum absolute atomic E-state index is 0.616. The van der Waals surface area contributed by atoms with Crippen molar-refractivity contribution in [1.82, 2.24) is 24.5 Å². The summed E-state index contributed by atoms with van der Waals surface area (Å²) in [6, 6.07) is 65.3. The van der Waals surface area contributed by atoms with E-state index in [9.17, 15) is 0 Å². The molecule has 276 valence electrons. The van der Waals surface area contributed by atoms with Crippen LogP contribution in [0.1, 0.15) is 0 Å². The molecule has 6 nitrogen and oxygen atoms in total. The number of para-hydroxylation sites is 4. The molecule has 12 rings (SSSR count). The maximum absolute atomic E-state index is 6.12. The van der Waals surface area contributed by atoms with Crippen molar-refractivity contribution in [3.8, 4) is 62.4 Å². The van der Waals surface area contributed by atoms with E-state index in [1.54, 1.807) is 11.3 Å². The minimum Gasteiger partial charge on any atom is -0.436 e. The number of benzene rings is 8. The Morgan fingerprint density at radius 3 is 1.93 bits per heavy atom. The molecule has 0 atom stereocenters. The Morgan fingerprint density at radius 2 is 1.05 bits per heavy atom. The van der Waals surface area contributed by atoms with Crippen molar-refractivity contribution < 1.29 is 4.42 Å². The van der Waals surface area contributed by atoms with Gasteiger partial charge in [-0.3, -0.25) is 0 Å². The third-order valence-corrected chi connectivity index (χ3v) is 12.3. The molecule has 12 aromatic rings. The lowest BCUT2D eigenvalue weighted by atomic mass is 10.0. The van der Waals surface area contributed by atoms with Crippen LogP contribution in [-0.4, -0.2) is 24.5 Å². The van der Waals surface area contributed by atoms with Crippen LogP contribution in [-0.2, 0) is 0 Å². The van der Waals surface area contributed by atoms with Crippen molar-refractivity contribution in [2.45, 2.75) is 0 Å². The minimum atomic E-state index is 0.616. The summed E-state index contributed by atoms with van der Waals surface area (Å²) in [6.45, 7) is 0. The average molecular weight is 774 g/mol. The maximum Gasteiger partial charge on any atom is 0.227 e. The van der Waals surface area contributed by atoms with Gasteiger partial charge in [-0.05, 0) is 90.0 Å². The summed E-state index contributed by atoms with van der Waals surface area (Å²) in [5, 5.41) is 4.68. The fourth-order valence-electron chi connectivity index (χ4n) is 8.29. The predicted molar refractivity (Wildman–Crippen MR) is 242 cm³/mol. The van der Waals surface area contributed by atoms with E-state index in [1.165, 1.54) is 15.5 Å². The van der Waals surface area contributed by atoms with Crippen LogP contribution in [0.2, 0.25) is 0 Å². The van der Waals surface area contributed by atoms with Crippen LogP contribution in [0.3, 0.4) is 0 Å². The lowest BCUT2D eigenvalue weighted by Gasteiger charge is -2.10. The Hall–Kier alpha value is -7.74. The first-order valence-electron chi connectivity index (χ1n) is 19.5. The molecule has 0 aliphatic carbocycles. The van der Waals surface area contributed by atoms with Crippen molar-refractivity contribution >= 4 is 64.4 Å². The number of thiophene rings is 1. The van der Waals surface area contributed by atoms with E-state index >= 15 is 0 Å². The molecule has 0 N–H and O–H groups in total. The molecule has 0 spiro atoms. The third kappa shape index (κ3) is 5.62. The van der Waals surface area contributed by atoms with E-state index in [2.05, 4.69) is 144 Å². The van der Waals surface area contributed by atoms with Crippen molar-refractivity contribution in [3.63, 3.8) is 0 Å². The second kappa shape index (κ2) is 13.4. The van der Waals surface area contributed by atoms with Gasteiger partial charge < -0.3 is 8.98 Å². The fourth-order valence-corrected chi connectivity index (χ4v) is 9.48. The highest BCUT2D eigenvalue weighted by atomic mass is 32.1. The summed E-state index contributed by atoms with van der Waals surface area (Å²) < 4.78 is 10.8. The van der Waals surface area contributed by atoms with Gasteiger partial charge in [0.25, 0.3) is 0 Å². The molecule has 4 heterocycles. The molecular formula is C52H31N5OS. The molecule has 0 fully saturated rings. The second-order valence-corrected chi connectivity index (χ2v) is 15.7. The van der Waals surface area contributed by atoms with Gasteiger partial charge in [-0.25, -0.2) is 19.9 Å². The first kappa shape index (κ1) is 33.4. The molecule has 0 aliphatic rings. The van der Waals surface area contributed by atoms with Crippen LogP contribution in [0.15, 0.2) is 192 Å². The smallest absolute Gasteiger partial charge is 0.227 e. The summed E-state index contributed by atoms with van der Waals surface area (Å²) in [7, 11) is 0. The quantitative estimate of drug-likeness (QED) is 0.168. The molecule has 59 heavy (non-hydrogen) atoms. The summed E-state index contributed by atoms with van der Waals surface area (Å²) in [5.41, 5.74) is 11.1. The first-order valence-corrected chi connectivity index (χ1v) is 20.4. The van der Waals surface area contributed by atoms with E-state index in [0.29, 0.717) is 23.4 Å². The number of oxazole rings is 1. The first-order chi connectivity index (χ1) is 29.2. The SMILES string of the molecule is c1ccc(-c2nc(-c3ccc4c(c3)c3ccccc3n4-c3ccccc3)nc(-c3cccc4c3sc3ccc(-c5cccc(-c6nc7ccccc7o6)c5)cc34)n2)cc1. The van der Waals surface area contributed by atoms with E-state index in [1.807, 2.05) is 48.5 Å². The Labute approximate surface area is 342 Å². The lowest BCUT2D eigenvalue weighted by Crippen LogP contribution is -2.00. The molecule has 8 aromatic carbocycles. The molecule has 7 heteroatoms. The second-order valence-electron chi connectivity index (χ2n) is 14.7. The zero-order chi connectivity index (χ0) is 38.9. The Kier molecular flexibility index (Phi) is 7.61. The highest BCUT2D eigenvalue weighted by Crippen LogP contribution is 2.42. The topological polar surface area (TPSA) is 69.6 Å². The third-order valence-electron chi connectivity index (χ3n) is 11.1. The van der Waals surface area contributed by atoms with Gasteiger partial charge in [0.1, 0.15) is 5.52 Å². The van der Waals surface area contributed by atoms with E-state index in [-0.39, 0.29) is 0 Å². The normalized spacial score (nSPS) is 11.7. The maximum atomic E-state index is 6.12. The number of nitrogens with zero attached hydrogens (tertiary/aromatic N) is 5. The number of aromatic nitrogens is 5. The van der Waals surface area contributed by atoms with Gasteiger partial charge in [0.2, 0.25) is 5.89 Å². The number of rotatable bonds is 6. The number of hydrogen-bond donors (Lipinski definition) is 0.